The van der Waals surface area contributed by atoms with Gasteiger partial charge in [-0.2, -0.15) is 4.98 Å². The molecule has 1 amide bonds. The highest BCUT2D eigenvalue weighted by molar-refractivity contribution is 5.90. The van der Waals surface area contributed by atoms with Crippen LogP contribution in [0.4, 0.5) is 29.1 Å². The van der Waals surface area contributed by atoms with Crippen LogP contribution in [-0.4, -0.2) is 52.0 Å². The van der Waals surface area contributed by atoms with E-state index in [1.165, 1.54) is 18.8 Å². The summed E-state index contributed by atoms with van der Waals surface area (Å²) in [4.78, 5) is 33.9. The fourth-order valence-corrected chi connectivity index (χ4v) is 3.65. The molecule has 0 radical (unpaired) electrons. The lowest BCUT2D eigenvalue weighted by atomic mass is 10.1. The van der Waals surface area contributed by atoms with Crippen molar-refractivity contribution < 1.29 is 4.79 Å². The van der Waals surface area contributed by atoms with Crippen molar-refractivity contribution in [2.45, 2.75) is 27.7 Å². The highest BCUT2D eigenvalue weighted by Gasteiger charge is 2.21. The van der Waals surface area contributed by atoms with Gasteiger partial charge >= 0.3 is 0 Å². The molecule has 9 nitrogen and oxygen atoms in total. The third-order valence-electron chi connectivity index (χ3n) is 5.67. The Morgan fingerprint density at radius 1 is 0.906 bits per heavy atom. The first-order valence-corrected chi connectivity index (χ1v) is 10.7. The fourth-order valence-electron chi connectivity index (χ4n) is 3.65. The number of hydrogen-bond acceptors (Lipinski definition) is 8. The van der Waals surface area contributed by atoms with Crippen LogP contribution in [0, 0.1) is 20.8 Å². The molecular formula is C23H28N8O. The van der Waals surface area contributed by atoms with Gasteiger partial charge in [0.25, 0.3) is 0 Å². The van der Waals surface area contributed by atoms with Crippen molar-refractivity contribution in [1.82, 2.24) is 19.9 Å². The number of piperazine rings is 1. The summed E-state index contributed by atoms with van der Waals surface area (Å²) < 4.78 is 0. The molecule has 3 heterocycles. The van der Waals surface area contributed by atoms with Gasteiger partial charge in [-0.25, -0.2) is 15.0 Å². The Bertz CT molecular complexity index is 1120. The van der Waals surface area contributed by atoms with Crippen molar-refractivity contribution in [3.8, 4) is 0 Å². The van der Waals surface area contributed by atoms with Gasteiger partial charge in [-0.05, 0) is 50.1 Å². The van der Waals surface area contributed by atoms with Crippen LogP contribution in [0.3, 0.4) is 0 Å². The molecule has 0 atom stereocenters. The average Bonchev–Trinajstić information content (AvgIpc) is 2.78. The van der Waals surface area contributed by atoms with E-state index in [1.54, 1.807) is 0 Å². The Labute approximate surface area is 187 Å². The molecule has 1 aliphatic heterocycles. The minimum atomic E-state index is -0.108. The zero-order valence-corrected chi connectivity index (χ0v) is 18.9. The van der Waals surface area contributed by atoms with Gasteiger partial charge in [0.1, 0.15) is 12.1 Å². The smallest absolute Gasteiger partial charge is 0.232 e. The summed E-state index contributed by atoms with van der Waals surface area (Å²) in [6.07, 6.45) is 1.52. The Kier molecular flexibility index (Phi) is 6.16. The minimum absolute atomic E-state index is 0.108. The van der Waals surface area contributed by atoms with Crippen LogP contribution in [0.5, 0.6) is 0 Å². The summed E-state index contributed by atoms with van der Waals surface area (Å²) in [6, 6.07) is 9.88. The first-order chi connectivity index (χ1) is 15.4. The van der Waals surface area contributed by atoms with Gasteiger partial charge in [-0.1, -0.05) is 12.1 Å². The lowest BCUT2D eigenvalue weighted by molar-refractivity contribution is -0.114. The first kappa shape index (κ1) is 21.5. The summed E-state index contributed by atoms with van der Waals surface area (Å²) in [5, 5.41) is 6.09. The van der Waals surface area contributed by atoms with E-state index in [1.807, 2.05) is 32.0 Å². The largest absolute Gasteiger partial charge is 0.353 e. The number of carbonyl (C=O) groups excluding carboxylic acids is 1. The molecule has 1 aromatic carbocycles. The number of amides is 1. The lowest BCUT2D eigenvalue weighted by Gasteiger charge is -2.35. The van der Waals surface area contributed by atoms with Crippen LogP contribution in [0.2, 0.25) is 0 Å². The number of aryl methyl sites for hydroxylation is 2. The van der Waals surface area contributed by atoms with Crippen molar-refractivity contribution in [3.63, 3.8) is 0 Å². The van der Waals surface area contributed by atoms with Crippen LogP contribution < -0.4 is 20.4 Å². The van der Waals surface area contributed by atoms with Gasteiger partial charge in [-0.3, -0.25) is 4.79 Å². The topological polar surface area (TPSA) is 99.2 Å². The van der Waals surface area contributed by atoms with E-state index in [4.69, 9.17) is 4.98 Å². The number of pyridine rings is 1. The summed E-state index contributed by atoms with van der Waals surface area (Å²) in [7, 11) is 0. The van der Waals surface area contributed by atoms with E-state index in [0.29, 0.717) is 11.9 Å². The van der Waals surface area contributed by atoms with Crippen LogP contribution >= 0.6 is 0 Å². The molecule has 0 aliphatic carbocycles. The molecule has 2 aromatic heterocycles. The molecule has 1 fully saturated rings. The van der Waals surface area contributed by atoms with E-state index in [-0.39, 0.29) is 5.91 Å². The minimum Gasteiger partial charge on any atom is -0.353 e. The maximum atomic E-state index is 11.4. The van der Waals surface area contributed by atoms with E-state index < -0.39 is 0 Å². The third-order valence-corrected chi connectivity index (χ3v) is 5.67. The van der Waals surface area contributed by atoms with Crippen molar-refractivity contribution in [2.75, 3.05) is 46.6 Å². The molecule has 9 heteroatoms. The SMILES string of the molecule is CC(=O)Nc1cccc(Nc2ncnc(N3CCN(c4ccc(C)c(C)n4)CC3)n2)c1C. The summed E-state index contributed by atoms with van der Waals surface area (Å²) in [5.41, 5.74) is 4.78. The van der Waals surface area contributed by atoms with Crippen LogP contribution in [0.25, 0.3) is 0 Å². The normalized spacial score (nSPS) is 13.8. The monoisotopic (exact) mass is 432 g/mol. The number of nitrogens with one attached hydrogen (secondary N) is 2. The Morgan fingerprint density at radius 3 is 2.34 bits per heavy atom. The summed E-state index contributed by atoms with van der Waals surface area (Å²) in [6.45, 7) is 10.9. The van der Waals surface area contributed by atoms with Crippen molar-refractivity contribution in [1.29, 1.82) is 0 Å². The molecule has 2 N–H and O–H groups in total. The molecule has 166 valence electrons. The molecule has 1 aliphatic rings. The maximum Gasteiger partial charge on any atom is 0.232 e. The second-order valence-electron chi connectivity index (χ2n) is 7.94. The lowest BCUT2D eigenvalue weighted by Crippen LogP contribution is -2.47. The van der Waals surface area contributed by atoms with Gasteiger partial charge in [0.2, 0.25) is 17.8 Å². The van der Waals surface area contributed by atoms with Gasteiger partial charge in [0.15, 0.2) is 0 Å². The van der Waals surface area contributed by atoms with Crippen LogP contribution in [0.1, 0.15) is 23.7 Å². The predicted molar refractivity (Wildman–Crippen MR) is 127 cm³/mol. The van der Waals surface area contributed by atoms with E-state index in [0.717, 1.165) is 54.6 Å². The number of anilines is 5. The average molecular weight is 433 g/mol. The van der Waals surface area contributed by atoms with Gasteiger partial charge < -0.3 is 20.4 Å². The maximum absolute atomic E-state index is 11.4. The Hall–Kier alpha value is -3.75. The van der Waals surface area contributed by atoms with Crippen LogP contribution in [0.15, 0.2) is 36.7 Å². The van der Waals surface area contributed by atoms with E-state index in [9.17, 15) is 4.79 Å². The number of carbonyl (C=O) groups is 1. The molecule has 0 spiro atoms. The van der Waals surface area contributed by atoms with E-state index >= 15 is 0 Å². The van der Waals surface area contributed by atoms with Crippen molar-refractivity contribution in [3.05, 3.63) is 53.5 Å². The van der Waals surface area contributed by atoms with Crippen molar-refractivity contribution in [2.24, 2.45) is 0 Å². The zero-order chi connectivity index (χ0) is 22.7. The van der Waals surface area contributed by atoms with Gasteiger partial charge in [0.05, 0.1) is 0 Å². The number of hydrogen-bond donors (Lipinski definition) is 2. The molecule has 4 rings (SSSR count). The standard InChI is InChI=1S/C23H28N8O/c1-15-8-9-21(26-17(15)3)30-10-12-31(13-11-30)23-25-14-24-22(29-23)28-20-7-5-6-19(16(20)2)27-18(4)32/h5-9,14H,10-13H2,1-4H3,(H,27,32)(H,24,25,28,29). The van der Waals surface area contributed by atoms with Crippen LogP contribution in [-0.2, 0) is 4.79 Å². The molecular weight excluding hydrogens is 404 g/mol. The number of rotatable bonds is 5. The Morgan fingerprint density at radius 2 is 1.62 bits per heavy atom. The molecule has 3 aromatic rings. The molecule has 32 heavy (non-hydrogen) atoms. The van der Waals surface area contributed by atoms with Crippen molar-refractivity contribution >= 4 is 35.0 Å². The molecule has 1 saturated heterocycles. The third kappa shape index (κ3) is 4.77. The number of aromatic nitrogens is 4. The summed E-state index contributed by atoms with van der Waals surface area (Å²) >= 11 is 0. The highest BCUT2D eigenvalue weighted by Crippen LogP contribution is 2.26. The van der Waals surface area contributed by atoms with Gasteiger partial charge in [0, 0.05) is 50.2 Å². The van der Waals surface area contributed by atoms with Gasteiger partial charge in [-0.15, -0.1) is 0 Å². The number of nitrogens with zero attached hydrogens (tertiary/aromatic N) is 6. The highest BCUT2D eigenvalue weighted by atomic mass is 16.1. The quantitative estimate of drug-likeness (QED) is 0.634. The fraction of sp³-hybridized carbons (Fsp3) is 0.348. The molecule has 0 bridgehead atoms. The first-order valence-electron chi connectivity index (χ1n) is 10.7. The Balaban J connectivity index is 1.44. The number of benzene rings is 1. The second kappa shape index (κ2) is 9.17. The molecule has 0 saturated carbocycles. The van der Waals surface area contributed by atoms with E-state index in [2.05, 4.69) is 54.4 Å². The second-order valence-corrected chi connectivity index (χ2v) is 7.94. The summed E-state index contributed by atoms with van der Waals surface area (Å²) in [5.74, 6) is 2.02. The zero-order valence-electron chi connectivity index (χ0n) is 18.9. The molecule has 0 unspecified atom stereocenters. The predicted octanol–water partition coefficient (Wildman–Crippen LogP) is 3.22.